The Morgan fingerprint density at radius 3 is 2.81 bits per heavy atom. The third kappa shape index (κ3) is 5.17. The Hall–Kier alpha value is -1.92. The molecule has 0 aliphatic carbocycles. The number of benzene rings is 1. The van der Waals surface area contributed by atoms with Gasteiger partial charge in [0.2, 0.25) is 0 Å². The van der Waals surface area contributed by atoms with Crippen LogP contribution in [0.25, 0.3) is 10.6 Å². The molecule has 2 rings (SSSR count). The van der Waals surface area contributed by atoms with Gasteiger partial charge in [-0.15, -0.1) is 11.3 Å². The number of hydrogen-bond acceptors (Lipinski definition) is 4. The van der Waals surface area contributed by atoms with Gasteiger partial charge in [-0.1, -0.05) is 30.3 Å². The number of nitrogens with one attached hydrogen (secondary N) is 2. The Morgan fingerprint density at radius 1 is 1.33 bits per heavy atom. The summed E-state index contributed by atoms with van der Waals surface area (Å²) in [7, 11) is 0. The second kappa shape index (κ2) is 7.75. The van der Waals surface area contributed by atoms with Crippen LogP contribution in [-0.2, 0) is 6.54 Å². The number of aromatic nitrogens is 1. The van der Waals surface area contributed by atoms with Gasteiger partial charge in [-0.25, -0.2) is 9.78 Å². The number of carbonyl (C=O) groups is 1. The largest absolute Gasteiger partial charge is 0.393 e. The van der Waals surface area contributed by atoms with E-state index in [1.165, 1.54) is 0 Å². The first-order valence-corrected chi connectivity index (χ1v) is 7.72. The number of thiazole rings is 1. The summed E-state index contributed by atoms with van der Waals surface area (Å²) in [6, 6.07) is 9.70. The normalized spacial score (nSPS) is 11.9. The van der Waals surface area contributed by atoms with E-state index in [-0.39, 0.29) is 6.03 Å². The highest BCUT2D eigenvalue weighted by atomic mass is 32.1. The van der Waals surface area contributed by atoms with Gasteiger partial charge in [-0.3, -0.25) is 0 Å². The quantitative estimate of drug-likeness (QED) is 0.767. The smallest absolute Gasteiger partial charge is 0.315 e. The summed E-state index contributed by atoms with van der Waals surface area (Å²) in [4.78, 5) is 16.0. The monoisotopic (exact) mass is 305 g/mol. The average Bonchev–Trinajstić information content (AvgIpc) is 2.94. The summed E-state index contributed by atoms with van der Waals surface area (Å²) in [5.41, 5.74) is 1.92. The molecule has 6 heteroatoms. The minimum atomic E-state index is -0.405. The number of carbonyl (C=O) groups excluding carboxylic acids is 1. The first-order valence-electron chi connectivity index (χ1n) is 6.84. The molecule has 1 aromatic carbocycles. The Balaban J connectivity index is 1.79. The molecule has 0 radical (unpaired) electrons. The van der Waals surface area contributed by atoms with Gasteiger partial charge in [-0.05, 0) is 13.3 Å². The van der Waals surface area contributed by atoms with Crippen molar-refractivity contribution in [1.82, 2.24) is 15.6 Å². The van der Waals surface area contributed by atoms with Gasteiger partial charge in [0.25, 0.3) is 0 Å². The maximum atomic E-state index is 11.5. The molecule has 1 atom stereocenters. The van der Waals surface area contributed by atoms with Crippen molar-refractivity contribution < 1.29 is 9.90 Å². The predicted octanol–water partition coefficient (Wildman–Crippen LogP) is 2.38. The Morgan fingerprint density at radius 2 is 2.10 bits per heavy atom. The number of hydrogen-bond donors (Lipinski definition) is 3. The Labute approximate surface area is 128 Å². The molecule has 0 bridgehead atoms. The van der Waals surface area contributed by atoms with Crippen LogP contribution in [0.15, 0.2) is 35.7 Å². The van der Waals surface area contributed by atoms with Crippen molar-refractivity contribution in [2.24, 2.45) is 0 Å². The van der Waals surface area contributed by atoms with Gasteiger partial charge in [0.05, 0.1) is 18.3 Å². The highest BCUT2D eigenvalue weighted by molar-refractivity contribution is 7.13. The first-order chi connectivity index (χ1) is 10.1. The lowest BCUT2D eigenvalue weighted by atomic mass is 10.2. The third-order valence-electron chi connectivity index (χ3n) is 2.85. The SMILES string of the molecule is CC(O)CCNC(=O)NCc1csc(-c2ccccc2)n1. The number of aliphatic hydroxyl groups is 1. The molecule has 21 heavy (non-hydrogen) atoms. The molecule has 0 aliphatic rings. The molecular formula is C15H19N3O2S. The lowest BCUT2D eigenvalue weighted by molar-refractivity contribution is 0.183. The van der Waals surface area contributed by atoms with Crippen molar-refractivity contribution >= 4 is 17.4 Å². The van der Waals surface area contributed by atoms with Gasteiger partial charge >= 0.3 is 6.03 Å². The van der Waals surface area contributed by atoms with Crippen molar-refractivity contribution in [3.8, 4) is 10.6 Å². The summed E-state index contributed by atoms with van der Waals surface area (Å²) in [5, 5.41) is 17.4. The molecule has 0 spiro atoms. The molecule has 1 heterocycles. The van der Waals surface area contributed by atoms with Crippen molar-refractivity contribution in [2.75, 3.05) is 6.54 Å². The number of aliphatic hydroxyl groups excluding tert-OH is 1. The van der Waals surface area contributed by atoms with Crippen LogP contribution in [0.1, 0.15) is 19.0 Å². The summed E-state index contributed by atoms with van der Waals surface area (Å²) in [5.74, 6) is 0. The molecule has 0 saturated heterocycles. The van der Waals surface area contributed by atoms with E-state index < -0.39 is 6.10 Å². The van der Waals surface area contributed by atoms with Crippen LogP contribution in [0.5, 0.6) is 0 Å². The van der Waals surface area contributed by atoms with E-state index in [9.17, 15) is 4.79 Å². The lowest BCUT2D eigenvalue weighted by Crippen LogP contribution is -2.36. The molecule has 5 nitrogen and oxygen atoms in total. The number of rotatable bonds is 6. The third-order valence-corrected chi connectivity index (χ3v) is 3.79. The number of nitrogens with zero attached hydrogens (tertiary/aromatic N) is 1. The van der Waals surface area contributed by atoms with Gasteiger partial charge < -0.3 is 15.7 Å². The van der Waals surface area contributed by atoms with Crippen molar-refractivity contribution in [3.63, 3.8) is 0 Å². The maximum absolute atomic E-state index is 11.5. The molecule has 2 aromatic rings. The molecule has 112 valence electrons. The molecule has 0 aliphatic heterocycles. The highest BCUT2D eigenvalue weighted by Crippen LogP contribution is 2.22. The fraction of sp³-hybridized carbons (Fsp3) is 0.333. The van der Waals surface area contributed by atoms with Crippen LogP contribution in [0.2, 0.25) is 0 Å². The molecule has 0 fully saturated rings. The van der Waals surface area contributed by atoms with Crippen LogP contribution < -0.4 is 10.6 Å². The standard InChI is InChI=1S/C15H19N3O2S/c1-11(19)7-8-16-15(20)17-9-13-10-21-14(18-13)12-5-3-2-4-6-12/h2-6,10-11,19H,7-9H2,1H3,(H2,16,17,20). The van der Waals surface area contributed by atoms with Crippen LogP contribution >= 0.6 is 11.3 Å². The molecular weight excluding hydrogens is 286 g/mol. The second-order valence-electron chi connectivity index (χ2n) is 4.76. The first kappa shape index (κ1) is 15.5. The minimum Gasteiger partial charge on any atom is -0.393 e. The van der Waals surface area contributed by atoms with Crippen LogP contribution in [0.3, 0.4) is 0 Å². The topological polar surface area (TPSA) is 74.2 Å². The fourth-order valence-electron chi connectivity index (χ4n) is 1.73. The highest BCUT2D eigenvalue weighted by Gasteiger charge is 2.06. The zero-order chi connectivity index (χ0) is 15.1. The predicted molar refractivity (Wildman–Crippen MR) is 84.1 cm³/mol. The summed E-state index contributed by atoms with van der Waals surface area (Å²) in [6.45, 7) is 2.54. The summed E-state index contributed by atoms with van der Waals surface area (Å²) >= 11 is 1.56. The average molecular weight is 305 g/mol. The van der Waals surface area contributed by atoms with Crippen molar-refractivity contribution in [2.45, 2.75) is 26.0 Å². The second-order valence-corrected chi connectivity index (χ2v) is 5.62. The molecule has 3 N–H and O–H groups in total. The van der Waals surface area contributed by atoms with Crippen molar-refractivity contribution in [3.05, 3.63) is 41.4 Å². The molecule has 0 saturated carbocycles. The zero-order valence-electron chi connectivity index (χ0n) is 11.9. The van der Waals surface area contributed by atoms with E-state index in [1.807, 2.05) is 35.7 Å². The lowest BCUT2D eigenvalue weighted by Gasteiger charge is -2.07. The summed E-state index contributed by atoms with van der Waals surface area (Å²) in [6.07, 6.45) is 0.139. The van der Waals surface area contributed by atoms with Gasteiger partial charge in [0, 0.05) is 17.5 Å². The van der Waals surface area contributed by atoms with Crippen LogP contribution in [0.4, 0.5) is 4.79 Å². The maximum Gasteiger partial charge on any atom is 0.315 e. The number of urea groups is 1. The minimum absolute atomic E-state index is 0.245. The van der Waals surface area contributed by atoms with E-state index in [4.69, 9.17) is 5.11 Å². The van der Waals surface area contributed by atoms with E-state index in [1.54, 1.807) is 18.3 Å². The van der Waals surface area contributed by atoms with Crippen LogP contribution in [0, 0.1) is 0 Å². The Bertz CT molecular complexity index is 569. The summed E-state index contributed by atoms with van der Waals surface area (Å²) < 4.78 is 0. The van der Waals surface area contributed by atoms with E-state index in [2.05, 4.69) is 15.6 Å². The molecule has 1 unspecified atom stereocenters. The van der Waals surface area contributed by atoms with Gasteiger partial charge in [0.1, 0.15) is 5.01 Å². The molecule has 2 amide bonds. The van der Waals surface area contributed by atoms with E-state index in [0.717, 1.165) is 16.3 Å². The van der Waals surface area contributed by atoms with E-state index in [0.29, 0.717) is 19.5 Å². The van der Waals surface area contributed by atoms with Crippen molar-refractivity contribution in [1.29, 1.82) is 0 Å². The number of amides is 2. The Kier molecular flexibility index (Phi) is 5.71. The van der Waals surface area contributed by atoms with Gasteiger partial charge in [0.15, 0.2) is 0 Å². The van der Waals surface area contributed by atoms with E-state index >= 15 is 0 Å². The van der Waals surface area contributed by atoms with Gasteiger partial charge in [-0.2, -0.15) is 0 Å². The van der Waals surface area contributed by atoms with Crippen LogP contribution in [-0.4, -0.2) is 28.8 Å². The fourth-order valence-corrected chi connectivity index (χ4v) is 2.56. The zero-order valence-corrected chi connectivity index (χ0v) is 12.7. The molecule has 1 aromatic heterocycles.